The van der Waals surface area contributed by atoms with Gasteiger partial charge in [0.2, 0.25) is 0 Å². The molecule has 8 heteroatoms. The first-order valence-electron chi connectivity index (χ1n) is 4.28. The zero-order chi connectivity index (χ0) is 12.3. The Bertz CT molecular complexity index is 449. The lowest BCUT2D eigenvalue weighted by atomic mass is 10.1. The Kier molecular flexibility index (Phi) is 3.91. The average Bonchev–Trinajstić information content (AvgIpc) is 2.20. The smallest absolute Gasteiger partial charge is 0.290 e. The van der Waals surface area contributed by atoms with Crippen LogP contribution in [0, 0.1) is 20.2 Å². The van der Waals surface area contributed by atoms with Gasteiger partial charge in [0.15, 0.2) is 0 Å². The number of nitrogens with zero attached hydrogens (tertiary/aromatic N) is 2. The molecular weight excluding hydrogens is 282 g/mol. The summed E-state index contributed by atoms with van der Waals surface area (Å²) in [5.74, 6) is 0. The number of nitro groups is 2. The Labute approximate surface area is 98.7 Å². The van der Waals surface area contributed by atoms with Crippen LogP contribution in [0.15, 0.2) is 16.6 Å². The van der Waals surface area contributed by atoms with E-state index >= 15 is 0 Å². The third-order valence-electron chi connectivity index (χ3n) is 1.93. The molecule has 0 saturated heterocycles. The van der Waals surface area contributed by atoms with Crippen LogP contribution in [0.5, 0.6) is 0 Å². The van der Waals surface area contributed by atoms with Crippen molar-refractivity contribution in [3.63, 3.8) is 0 Å². The summed E-state index contributed by atoms with van der Waals surface area (Å²) in [7, 11) is 0. The number of non-ortho nitro benzene ring substituents is 1. The minimum atomic E-state index is -0.670. The van der Waals surface area contributed by atoms with Crippen LogP contribution in [-0.2, 0) is 6.42 Å². The molecule has 2 N–H and O–H groups in total. The normalized spacial score (nSPS) is 10.1. The zero-order valence-corrected chi connectivity index (χ0v) is 9.64. The minimum absolute atomic E-state index is 0.244. The fourth-order valence-electron chi connectivity index (χ4n) is 1.23. The van der Waals surface area contributed by atoms with Crippen LogP contribution in [0.1, 0.15) is 5.56 Å². The van der Waals surface area contributed by atoms with E-state index in [-0.39, 0.29) is 22.4 Å². The van der Waals surface area contributed by atoms with Gasteiger partial charge in [0.25, 0.3) is 11.4 Å². The molecule has 0 saturated carbocycles. The lowest BCUT2D eigenvalue weighted by molar-refractivity contribution is -0.394. The van der Waals surface area contributed by atoms with Crippen LogP contribution in [0.25, 0.3) is 0 Å². The van der Waals surface area contributed by atoms with Gasteiger partial charge in [-0.25, -0.2) is 0 Å². The molecule has 86 valence electrons. The Balaban J connectivity index is 3.38. The van der Waals surface area contributed by atoms with E-state index in [1.54, 1.807) is 0 Å². The third-order valence-corrected chi connectivity index (χ3v) is 2.85. The van der Waals surface area contributed by atoms with E-state index in [4.69, 9.17) is 5.73 Å². The molecule has 0 radical (unpaired) electrons. The fraction of sp³-hybridized carbons (Fsp3) is 0.250. The molecule has 1 aromatic carbocycles. The van der Waals surface area contributed by atoms with E-state index in [0.29, 0.717) is 12.0 Å². The first kappa shape index (κ1) is 12.5. The summed E-state index contributed by atoms with van der Waals surface area (Å²) < 4.78 is 0.244. The highest BCUT2D eigenvalue weighted by molar-refractivity contribution is 9.10. The van der Waals surface area contributed by atoms with Crippen molar-refractivity contribution in [2.24, 2.45) is 5.73 Å². The molecule has 0 amide bonds. The quantitative estimate of drug-likeness (QED) is 0.670. The molecule has 0 bridgehead atoms. The summed E-state index contributed by atoms with van der Waals surface area (Å²) in [6.07, 6.45) is 0.336. The Hall–Kier alpha value is -1.54. The largest absolute Gasteiger partial charge is 0.330 e. The molecule has 7 nitrogen and oxygen atoms in total. The van der Waals surface area contributed by atoms with E-state index in [2.05, 4.69) is 15.9 Å². The highest BCUT2D eigenvalue weighted by atomic mass is 79.9. The van der Waals surface area contributed by atoms with Crippen LogP contribution in [0.3, 0.4) is 0 Å². The number of hydrogen-bond donors (Lipinski definition) is 1. The van der Waals surface area contributed by atoms with E-state index in [0.717, 1.165) is 6.07 Å². The van der Waals surface area contributed by atoms with Crippen LogP contribution in [0.4, 0.5) is 11.4 Å². The van der Waals surface area contributed by atoms with Crippen LogP contribution in [0.2, 0.25) is 0 Å². The minimum Gasteiger partial charge on any atom is -0.330 e. The Morgan fingerprint density at radius 1 is 1.25 bits per heavy atom. The number of hydrogen-bond acceptors (Lipinski definition) is 5. The van der Waals surface area contributed by atoms with Gasteiger partial charge in [-0.1, -0.05) is 0 Å². The molecule has 0 spiro atoms. The van der Waals surface area contributed by atoms with Crippen LogP contribution in [-0.4, -0.2) is 16.4 Å². The van der Waals surface area contributed by atoms with Crippen molar-refractivity contribution in [2.75, 3.05) is 6.54 Å². The molecule has 1 rings (SSSR count). The first-order chi connectivity index (χ1) is 7.47. The van der Waals surface area contributed by atoms with E-state index in [9.17, 15) is 20.2 Å². The highest BCUT2D eigenvalue weighted by Gasteiger charge is 2.21. The van der Waals surface area contributed by atoms with Gasteiger partial charge in [-0.2, -0.15) is 0 Å². The monoisotopic (exact) mass is 289 g/mol. The molecule has 16 heavy (non-hydrogen) atoms. The molecule has 0 fully saturated rings. The molecule has 0 aromatic heterocycles. The van der Waals surface area contributed by atoms with Crippen LogP contribution < -0.4 is 5.73 Å². The Morgan fingerprint density at radius 3 is 2.31 bits per heavy atom. The summed E-state index contributed by atoms with van der Waals surface area (Å²) in [6, 6.07) is 2.20. The second-order valence-corrected chi connectivity index (χ2v) is 3.78. The number of rotatable bonds is 4. The zero-order valence-electron chi connectivity index (χ0n) is 8.05. The van der Waals surface area contributed by atoms with Crippen molar-refractivity contribution in [1.29, 1.82) is 0 Å². The van der Waals surface area contributed by atoms with Crippen molar-refractivity contribution in [1.82, 2.24) is 0 Å². The van der Waals surface area contributed by atoms with Crippen molar-refractivity contribution in [3.05, 3.63) is 42.4 Å². The fourth-order valence-corrected chi connectivity index (χ4v) is 1.80. The third kappa shape index (κ3) is 2.52. The maximum Gasteiger partial charge on any atom is 0.290 e. The van der Waals surface area contributed by atoms with Gasteiger partial charge in [-0.05, 0) is 34.5 Å². The Morgan fingerprint density at radius 2 is 1.88 bits per heavy atom. The molecule has 0 aliphatic carbocycles. The number of benzene rings is 1. The topological polar surface area (TPSA) is 112 Å². The molecule has 0 aliphatic rings. The average molecular weight is 290 g/mol. The van der Waals surface area contributed by atoms with Crippen molar-refractivity contribution in [3.8, 4) is 0 Å². The molecule has 0 heterocycles. The predicted octanol–water partition coefficient (Wildman–Crippen LogP) is 1.77. The summed E-state index contributed by atoms with van der Waals surface area (Å²) in [4.78, 5) is 19.9. The van der Waals surface area contributed by atoms with E-state index in [1.165, 1.54) is 6.07 Å². The summed E-state index contributed by atoms with van der Waals surface area (Å²) in [5.41, 5.74) is 5.15. The van der Waals surface area contributed by atoms with Gasteiger partial charge in [0, 0.05) is 6.07 Å². The van der Waals surface area contributed by atoms with Gasteiger partial charge >= 0.3 is 0 Å². The lowest BCUT2D eigenvalue weighted by Gasteiger charge is -2.03. The van der Waals surface area contributed by atoms with Crippen LogP contribution >= 0.6 is 15.9 Å². The summed E-state index contributed by atoms with van der Waals surface area (Å²) in [6.45, 7) is 0.261. The standard InChI is InChI=1S/C8H8BrN3O4/c9-8-5(1-2-10)3-6(11(13)14)4-7(8)12(15)16/h3-4H,1-2,10H2. The van der Waals surface area contributed by atoms with Gasteiger partial charge in [-0.15, -0.1) is 0 Å². The summed E-state index contributed by atoms with van der Waals surface area (Å²) >= 11 is 3.05. The van der Waals surface area contributed by atoms with E-state index < -0.39 is 9.85 Å². The molecule has 0 atom stereocenters. The SMILES string of the molecule is NCCc1cc([N+](=O)[O-])cc([N+](=O)[O-])c1Br. The number of nitro benzene ring substituents is 2. The second-order valence-electron chi connectivity index (χ2n) is 2.99. The predicted molar refractivity (Wildman–Crippen MR) is 60.2 cm³/mol. The molecular formula is C8H8BrN3O4. The number of nitrogens with two attached hydrogens (primary N) is 1. The van der Waals surface area contributed by atoms with Gasteiger partial charge < -0.3 is 5.73 Å². The lowest BCUT2D eigenvalue weighted by Crippen LogP contribution is -2.05. The maximum atomic E-state index is 10.7. The van der Waals surface area contributed by atoms with Crippen molar-refractivity contribution < 1.29 is 9.85 Å². The maximum absolute atomic E-state index is 10.7. The van der Waals surface area contributed by atoms with Crippen molar-refractivity contribution >= 4 is 27.3 Å². The second kappa shape index (κ2) is 4.99. The molecule has 1 aromatic rings. The van der Waals surface area contributed by atoms with Crippen molar-refractivity contribution in [2.45, 2.75) is 6.42 Å². The highest BCUT2D eigenvalue weighted by Crippen LogP contribution is 2.33. The number of halogens is 1. The van der Waals surface area contributed by atoms with Gasteiger partial charge in [0.05, 0.1) is 20.4 Å². The molecule has 0 aliphatic heterocycles. The molecule has 0 unspecified atom stereocenters. The first-order valence-corrected chi connectivity index (χ1v) is 5.08. The van der Waals surface area contributed by atoms with Gasteiger partial charge in [0.1, 0.15) is 0 Å². The summed E-state index contributed by atoms with van der Waals surface area (Å²) in [5, 5.41) is 21.3. The van der Waals surface area contributed by atoms with E-state index in [1.807, 2.05) is 0 Å². The van der Waals surface area contributed by atoms with Gasteiger partial charge in [-0.3, -0.25) is 20.2 Å².